The molecule has 2 amide bonds. The van der Waals surface area contributed by atoms with Crippen LogP contribution in [0.2, 0.25) is 0 Å². The van der Waals surface area contributed by atoms with Gasteiger partial charge in [-0.05, 0) is 36.8 Å². The Morgan fingerprint density at radius 1 is 0.833 bits per heavy atom. The maximum absolute atomic E-state index is 12.7. The largest absolute Gasteiger partial charge is 0.323 e. The van der Waals surface area contributed by atoms with Crippen molar-refractivity contribution in [2.45, 2.75) is 19.9 Å². The van der Waals surface area contributed by atoms with Crippen molar-refractivity contribution >= 4 is 22.8 Å². The highest BCUT2D eigenvalue weighted by Gasteiger charge is 2.34. The minimum absolute atomic E-state index is 0.225. The highest BCUT2D eigenvalue weighted by Crippen LogP contribution is 2.24. The number of aromatic nitrogens is 2. The molecule has 4 aromatic rings. The molecular weight excluding hydrogens is 374 g/mol. The summed E-state index contributed by atoms with van der Waals surface area (Å²) in [5.74, 6) is 0.420. The first-order valence-corrected chi connectivity index (χ1v) is 10.1. The van der Waals surface area contributed by atoms with Gasteiger partial charge in [-0.2, -0.15) is 0 Å². The van der Waals surface area contributed by atoms with Crippen molar-refractivity contribution in [2.75, 3.05) is 6.54 Å². The summed E-state index contributed by atoms with van der Waals surface area (Å²) in [5.41, 5.74) is 5.34. The quantitative estimate of drug-likeness (QED) is 0.475. The number of imidazole rings is 1. The van der Waals surface area contributed by atoms with Crippen LogP contribution in [-0.2, 0) is 13.0 Å². The molecule has 30 heavy (non-hydrogen) atoms. The molecule has 2 heterocycles. The molecule has 0 aliphatic carbocycles. The molecule has 0 unspecified atom stereocenters. The number of fused-ring (bicyclic) bond motifs is 2. The molecule has 1 aromatic heterocycles. The first-order chi connectivity index (χ1) is 14.6. The normalized spacial score (nSPS) is 13.3. The molecule has 1 aliphatic rings. The Morgan fingerprint density at radius 3 is 2.27 bits per heavy atom. The van der Waals surface area contributed by atoms with Crippen LogP contribution in [0.3, 0.4) is 0 Å². The number of rotatable bonds is 5. The van der Waals surface area contributed by atoms with E-state index >= 15 is 0 Å². The van der Waals surface area contributed by atoms with Crippen molar-refractivity contribution in [3.8, 4) is 0 Å². The summed E-state index contributed by atoms with van der Waals surface area (Å²) < 4.78 is 2.18. The van der Waals surface area contributed by atoms with E-state index in [0.29, 0.717) is 30.6 Å². The average molecular weight is 395 g/mol. The van der Waals surface area contributed by atoms with Gasteiger partial charge in [0, 0.05) is 19.5 Å². The second kappa shape index (κ2) is 7.26. The van der Waals surface area contributed by atoms with Crippen LogP contribution in [0.1, 0.15) is 37.7 Å². The van der Waals surface area contributed by atoms with Gasteiger partial charge in [-0.3, -0.25) is 14.5 Å². The Labute approximate surface area is 174 Å². The number of hydrogen-bond donors (Lipinski definition) is 0. The van der Waals surface area contributed by atoms with Crippen molar-refractivity contribution in [1.29, 1.82) is 0 Å². The van der Waals surface area contributed by atoms with Crippen LogP contribution < -0.4 is 0 Å². The van der Waals surface area contributed by atoms with Gasteiger partial charge >= 0.3 is 0 Å². The number of amides is 2. The van der Waals surface area contributed by atoms with Crippen molar-refractivity contribution in [2.24, 2.45) is 0 Å². The summed E-state index contributed by atoms with van der Waals surface area (Å²) in [6.07, 6.45) is 0.506. The predicted molar refractivity (Wildman–Crippen MR) is 116 cm³/mol. The van der Waals surface area contributed by atoms with Crippen LogP contribution in [-0.4, -0.2) is 32.8 Å². The summed E-state index contributed by atoms with van der Waals surface area (Å²) in [7, 11) is 0. The standard InChI is InChI=1S/C25H21N3O2/c1-17-7-6-8-18(15-17)16-28-22-12-5-4-11-21(22)26-23(28)13-14-27-24(29)19-9-2-3-10-20(19)25(27)30/h2-12,15H,13-14,16H2,1H3. The maximum Gasteiger partial charge on any atom is 0.261 e. The summed E-state index contributed by atoms with van der Waals surface area (Å²) in [6, 6.07) is 23.4. The number of carbonyl (C=O) groups excluding carboxylic acids is 2. The molecule has 0 spiro atoms. The Morgan fingerprint density at radius 2 is 1.53 bits per heavy atom. The fraction of sp³-hybridized carbons (Fsp3) is 0.160. The van der Waals surface area contributed by atoms with E-state index in [2.05, 4.69) is 41.8 Å². The molecule has 0 saturated heterocycles. The molecule has 0 N–H and O–H groups in total. The van der Waals surface area contributed by atoms with Crippen LogP contribution in [0.5, 0.6) is 0 Å². The number of aryl methyl sites for hydroxylation is 1. The van der Waals surface area contributed by atoms with Crippen LogP contribution in [0.15, 0.2) is 72.8 Å². The van der Waals surface area contributed by atoms with Gasteiger partial charge in [0.2, 0.25) is 0 Å². The highest BCUT2D eigenvalue weighted by atomic mass is 16.2. The van der Waals surface area contributed by atoms with Gasteiger partial charge in [0.25, 0.3) is 11.8 Å². The maximum atomic E-state index is 12.7. The second-order valence-corrected chi connectivity index (χ2v) is 7.65. The monoisotopic (exact) mass is 395 g/mol. The number of nitrogens with zero attached hydrogens (tertiary/aromatic N) is 3. The van der Waals surface area contributed by atoms with Crippen LogP contribution >= 0.6 is 0 Å². The van der Waals surface area contributed by atoms with Crippen LogP contribution in [0.4, 0.5) is 0 Å². The molecule has 5 nitrogen and oxygen atoms in total. The van der Waals surface area contributed by atoms with Gasteiger partial charge in [0.15, 0.2) is 0 Å². The molecule has 0 atom stereocenters. The van der Waals surface area contributed by atoms with Gasteiger partial charge < -0.3 is 4.57 Å². The molecule has 5 rings (SSSR count). The van der Waals surface area contributed by atoms with E-state index in [1.165, 1.54) is 16.0 Å². The lowest BCUT2D eigenvalue weighted by Gasteiger charge is -2.15. The lowest BCUT2D eigenvalue weighted by atomic mass is 10.1. The fourth-order valence-electron chi connectivity index (χ4n) is 4.14. The van der Waals surface area contributed by atoms with Crippen LogP contribution in [0, 0.1) is 6.92 Å². The van der Waals surface area contributed by atoms with Crippen molar-refractivity contribution in [1.82, 2.24) is 14.5 Å². The van der Waals surface area contributed by atoms with Gasteiger partial charge in [-0.25, -0.2) is 4.98 Å². The molecule has 3 aromatic carbocycles. The lowest BCUT2D eigenvalue weighted by molar-refractivity contribution is 0.0655. The summed E-state index contributed by atoms with van der Waals surface area (Å²) >= 11 is 0. The van der Waals surface area contributed by atoms with Crippen LogP contribution in [0.25, 0.3) is 11.0 Å². The molecule has 1 aliphatic heterocycles. The Balaban J connectivity index is 1.45. The summed E-state index contributed by atoms with van der Waals surface area (Å²) in [6.45, 7) is 3.09. The molecule has 5 heteroatoms. The van der Waals surface area contributed by atoms with E-state index in [-0.39, 0.29) is 11.8 Å². The number of benzene rings is 3. The SMILES string of the molecule is Cc1cccc(Cn2c(CCN3C(=O)c4ccccc4C3=O)nc3ccccc32)c1. The third kappa shape index (κ3) is 3.08. The number of para-hydroxylation sites is 2. The first kappa shape index (κ1) is 18.3. The third-order valence-corrected chi connectivity index (χ3v) is 5.59. The molecule has 0 fully saturated rings. The summed E-state index contributed by atoms with van der Waals surface area (Å²) in [5, 5.41) is 0. The zero-order valence-electron chi connectivity index (χ0n) is 16.7. The zero-order valence-corrected chi connectivity index (χ0v) is 16.7. The topological polar surface area (TPSA) is 55.2 Å². The van der Waals surface area contributed by atoms with E-state index < -0.39 is 0 Å². The molecule has 0 saturated carbocycles. The predicted octanol–water partition coefficient (Wildman–Crippen LogP) is 4.23. The van der Waals surface area contributed by atoms with E-state index in [1.54, 1.807) is 24.3 Å². The van der Waals surface area contributed by atoms with E-state index in [9.17, 15) is 9.59 Å². The minimum atomic E-state index is -0.225. The van der Waals surface area contributed by atoms with E-state index in [1.807, 2.05) is 18.2 Å². The number of hydrogen-bond acceptors (Lipinski definition) is 3. The number of imide groups is 1. The zero-order chi connectivity index (χ0) is 20.7. The van der Waals surface area contributed by atoms with Crippen molar-refractivity contribution in [3.63, 3.8) is 0 Å². The lowest BCUT2D eigenvalue weighted by Crippen LogP contribution is -2.32. The van der Waals surface area contributed by atoms with E-state index in [0.717, 1.165) is 16.9 Å². The minimum Gasteiger partial charge on any atom is -0.323 e. The van der Waals surface area contributed by atoms with Gasteiger partial charge in [-0.1, -0.05) is 54.1 Å². The van der Waals surface area contributed by atoms with Crippen molar-refractivity contribution < 1.29 is 9.59 Å². The van der Waals surface area contributed by atoms with Gasteiger partial charge in [-0.15, -0.1) is 0 Å². The Bertz CT molecular complexity index is 1250. The van der Waals surface area contributed by atoms with E-state index in [4.69, 9.17) is 4.98 Å². The molecular formula is C25H21N3O2. The highest BCUT2D eigenvalue weighted by molar-refractivity contribution is 6.21. The third-order valence-electron chi connectivity index (χ3n) is 5.59. The molecule has 148 valence electrons. The fourth-order valence-corrected chi connectivity index (χ4v) is 4.14. The first-order valence-electron chi connectivity index (χ1n) is 10.1. The summed E-state index contributed by atoms with van der Waals surface area (Å²) in [4.78, 5) is 31.5. The second-order valence-electron chi connectivity index (χ2n) is 7.65. The average Bonchev–Trinajstić information content (AvgIpc) is 3.22. The Hall–Kier alpha value is -3.73. The number of carbonyl (C=O) groups is 2. The van der Waals surface area contributed by atoms with Crippen molar-refractivity contribution in [3.05, 3.63) is 101 Å². The molecule has 0 bridgehead atoms. The van der Waals surface area contributed by atoms with Gasteiger partial charge in [0.1, 0.15) is 5.82 Å². The smallest absolute Gasteiger partial charge is 0.261 e. The molecule has 0 radical (unpaired) electrons. The van der Waals surface area contributed by atoms with Gasteiger partial charge in [0.05, 0.1) is 22.2 Å². The Kier molecular flexibility index (Phi) is 4.43.